The zero-order chi connectivity index (χ0) is 19.8. The van der Waals surface area contributed by atoms with Gasteiger partial charge in [-0.05, 0) is 30.6 Å². The van der Waals surface area contributed by atoms with Gasteiger partial charge in [0.25, 0.3) is 0 Å². The van der Waals surface area contributed by atoms with E-state index in [0.717, 1.165) is 18.8 Å². The van der Waals surface area contributed by atoms with Crippen LogP contribution in [-0.2, 0) is 4.79 Å². The summed E-state index contributed by atoms with van der Waals surface area (Å²) in [5.74, 6) is 1.28. The van der Waals surface area contributed by atoms with Gasteiger partial charge in [0.1, 0.15) is 0 Å². The summed E-state index contributed by atoms with van der Waals surface area (Å²) in [6.07, 6.45) is 17.0. The van der Waals surface area contributed by atoms with Crippen molar-refractivity contribution in [2.24, 2.45) is 23.7 Å². The topological polar surface area (TPSA) is 37.3 Å². The fourth-order valence-electron chi connectivity index (χ4n) is 4.16. The van der Waals surface area contributed by atoms with Gasteiger partial charge in [0.2, 0.25) is 0 Å². The SMILES string of the molecule is CCCCC(CCC)CC(CC(C)CCCCCCCC(C)C)C(=O)O. The van der Waals surface area contributed by atoms with Crippen LogP contribution in [0, 0.1) is 23.7 Å². The molecular formula is C24H48O2. The van der Waals surface area contributed by atoms with E-state index in [4.69, 9.17) is 0 Å². The molecule has 0 aliphatic heterocycles. The van der Waals surface area contributed by atoms with Crippen LogP contribution in [0.1, 0.15) is 125 Å². The molecule has 2 heteroatoms. The van der Waals surface area contributed by atoms with Gasteiger partial charge in [-0.2, -0.15) is 0 Å². The number of carboxylic acids is 1. The quantitative estimate of drug-likeness (QED) is 0.248. The molecule has 0 bridgehead atoms. The van der Waals surface area contributed by atoms with Crippen molar-refractivity contribution in [3.05, 3.63) is 0 Å². The Balaban J connectivity index is 4.09. The van der Waals surface area contributed by atoms with Gasteiger partial charge in [0, 0.05) is 0 Å². The van der Waals surface area contributed by atoms with Crippen LogP contribution in [0.15, 0.2) is 0 Å². The van der Waals surface area contributed by atoms with Crippen molar-refractivity contribution in [1.29, 1.82) is 0 Å². The highest BCUT2D eigenvalue weighted by Gasteiger charge is 2.24. The molecule has 0 aromatic carbocycles. The lowest BCUT2D eigenvalue weighted by atomic mass is 9.82. The third-order valence-electron chi connectivity index (χ3n) is 5.80. The zero-order valence-electron chi connectivity index (χ0n) is 18.6. The Labute approximate surface area is 164 Å². The average molecular weight is 369 g/mol. The minimum absolute atomic E-state index is 0.135. The van der Waals surface area contributed by atoms with Crippen molar-refractivity contribution < 1.29 is 9.90 Å². The lowest BCUT2D eigenvalue weighted by molar-refractivity contribution is -0.143. The molecule has 3 atom stereocenters. The van der Waals surface area contributed by atoms with Crippen molar-refractivity contribution in [2.45, 2.75) is 125 Å². The van der Waals surface area contributed by atoms with Gasteiger partial charge in [-0.3, -0.25) is 4.79 Å². The molecule has 0 aliphatic carbocycles. The molecule has 3 unspecified atom stereocenters. The number of rotatable bonds is 18. The van der Waals surface area contributed by atoms with Gasteiger partial charge in [-0.25, -0.2) is 0 Å². The lowest BCUT2D eigenvalue weighted by Gasteiger charge is -2.23. The first-order valence-electron chi connectivity index (χ1n) is 11.6. The fraction of sp³-hybridized carbons (Fsp3) is 0.958. The molecule has 0 spiro atoms. The van der Waals surface area contributed by atoms with Crippen LogP contribution in [0.25, 0.3) is 0 Å². The molecule has 2 nitrogen and oxygen atoms in total. The van der Waals surface area contributed by atoms with Crippen LogP contribution in [0.5, 0.6) is 0 Å². The first-order valence-corrected chi connectivity index (χ1v) is 11.6. The van der Waals surface area contributed by atoms with Crippen molar-refractivity contribution in [2.75, 3.05) is 0 Å². The van der Waals surface area contributed by atoms with E-state index in [1.165, 1.54) is 77.0 Å². The molecule has 0 amide bonds. The molecule has 0 heterocycles. The Morgan fingerprint density at radius 2 is 1.35 bits per heavy atom. The number of unbranched alkanes of at least 4 members (excludes halogenated alkanes) is 5. The van der Waals surface area contributed by atoms with E-state index >= 15 is 0 Å². The Morgan fingerprint density at radius 3 is 1.88 bits per heavy atom. The van der Waals surface area contributed by atoms with E-state index in [1.807, 2.05) is 0 Å². The maximum Gasteiger partial charge on any atom is 0.306 e. The van der Waals surface area contributed by atoms with Crippen molar-refractivity contribution >= 4 is 5.97 Å². The van der Waals surface area contributed by atoms with Gasteiger partial charge in [0.05, 0.1) is 5.92 Å². The summed E-state index contributed by atoms with van der Waals surface area (Å²) in [5, 5.41) is 9.68. The standard InChI is InChI=1S/C24H48O2/c1-6-8-17-22(14-7-2)19-23(24(25)26)18-21(5)16-13-11-9-10-12-15-20(3)4/h20-23H,6-19H2,1-5H3,(H,25,26). The second-order valence-corrected chi connectivity index (χ2v) is 9.15. The van der Waals surface area contributed by atoms with Crippen molar-refractivity contribution in [3.8, 4) is 0 Å². The summed E-state index contributed by atoms with van der Waals surface area (Å²) in [5.41, 5.74) is 0. The van der Waals surface area contributed by atoms with Gasteiger partial charge in [-0.15, -0.1) is 0 Å². The maximum absolute atomic E-state index is 11.8. The molecule has 0 aromatic heterocycles. The van der Waals surface area contributed by atoms with Crippen LogP contribution in [0.4, 0.5) is 0 Å². The lowest BCUT2D eigenvalue weighted by Crippen LogP contribution is -2.20. The molecule has 0 radical (unpaired) electrons. The molecular weight excluding hydrogens is 320 g/mol. The summed E-state index contributed by atoms with van der Waals surface area (Å²) in [6, 6.07) is 0. The van der Waals surface area contributed by atoms with Crippen molar-refractivity contribution in [3.63, 3.8) is 0 Å². The molecule has 0 saturated heterocycles. The third-order valence-corrected chi connectivity index (χ3v) is 5.80. The van der Waals surface area contributed by atoms with E-state index in [2.05, 4.69) is 34.6 Å². The first kappa shape index (κ1) is 25.5. The minimum Gasteiger partial charge on any atom is -0.481 e. The van der Waals surface area contributed by atoms with E-state index < -0.39 is 5.97 Å². The van der Waals surface area contributed by atoms with E-state index in [9.17, 15) is 9.90 Å². The van der Waals surface area contributed by atoms with Gasteiger partial charge >= 0.3 is 5.97 Å². The van der Waals surface area contributed by atoms with E-state index in [1.54, 1.807) is 0 Å². The Hall–Kier alpha value is -0.530. The van der Waals surface area contributed by atoms with Crippen LogP contribution in [0.2, 0.25) is 0 Å². The van der Waals surface area contributed by atoms with Gasteiger partial charge in [0.15, 0.2) is 0 Å². The molecule has 156 valence electrons. The number of hydrogen-bond donors (Lipinski definition) is 1. The largest absolute Gasteiger partial charge is 0.481 e. The summed E-state index contributed by atoms with van der Waals surface area (Å²) in [6.45, 7) is 11.3. The molecule has 0 aromatic rings. The molecule has 0 saturated carbocycles. The van der Waals surface area contributed by atoms with E-state index in [0.29, 0.717) is 11.8 Å². The monoisotopic (exact) mass is 368 g/mol. The molecule has 0 fully saturated rings. The Kier molecular flexibility index (Phi) is 16.3. The van der Waals surface area contributed by atoms with E-state index in [-0.39, 0.29) is 5.92 Å². The minimum atomic E-state index is -0.567. The fourth-order valence-corrected chi connectivity index (χ4v) is 4.16. The van der Waals surface area contributed by atoms with Crippen molar-refractivity contribution in [1.82, 2.24) is 0 Å². The Morgan fingerprint density at radius 1 is 0.731 bits per heavy atom. The normalized spacial score (nSPS) is 15.2. The summed E-state index contributed by atoms with van der Waals surface area (Å²) < 4.78 is 0. The zero-order valence-corrected chi connectivity index (χ0v) is 18.6. The summed E-state index contributed by atoms with van der Waals surface area (Å²) >= 11 is 0. The highest BCUT2D eigenvalue weighted by Crippen LogP contribution is 2.29. The molecule has 1 N–H and O–H groups in total. The molecule has 0 rings (SSSR count). The second kappa shape index (κ2) is 16.6. The highest BCUT2D eigenvalue weighted by atomic mass is 16.4. The van der Waals surface area contributed by atoms with Crippen LogP contribution >= 0.6 is 0 Å². The number of carboxylic acid groups (broad SMARTS) is 1. The van der Waals surface area contributed by atoms with Crippen LogP contribution < -0.4 is 0 Å². The van der Waals surface area contributed by atoms with Crippen LogP contribution in [-0.4, -0.2) is 11.1 Å². The molecule has 0 aliphatic rings. The molecule has 26 heavy (non-hydrogen) atoms. The first-order chi connectivity index (χ1) is 12.4. The van der Waals surface area contributed by atoms with Gasteiger partial charge in [-0.1, -0.05) is 112 Å². The second-order valence-electron chi connectivity index (χ2n) is 9.15. The number of carbonyl (C=O) groups is 1. The third kappa shape index (κ3) is 14.6. The number of hydrogen-bond acceptors (Lipinski definition) is 1. The summed E-state index contributed by atoms with van der Waals surface area (Å²) in [7, 11) is 0. The van der Waals surface area contributed by atoms with Gasteiger partial charge < -0.3 is 5.11 Å². The predicted molar refractivity (Wildman–Crippen MR) is 115 cm³/mol. The Bertz CT molecular complexity index is 324. The van der Waals surface area contributed by atoms with Crippen LogP contribution in [0.3, 0.4) is 0 Å². The number of aliphatic carboxylic acids is 1. The smallest absolute Gasteiger partial charge is 0.306 e. The predicted octanol–water partition coefficient (Wildman–Crippen LogP) is 8.10. The highest BCUT2D eigenvalue weighted by molar-refractivity contribution is 5.69. The average Bonchev–Trinajstić information content (AvgIpc) is 2.57. The summed E-state index contributed by atoms with van der Waals surface area (Å²) in [4.78, 5) is 11.8. The maximum atomic E-state index is 11.8.